The van der Waals surface area contributed by atoms with Crippen molar-refractivity contribution < 1.29 is 37.1 Å². The van der Waals surface area contributed by atoms with Crippen LogP contribution in [0.15, 0.2) is 114 Å². The molecule has 1 radical (unpaired) electrons. The molecule has 0 aliphatic carbocycles. The molecule has 0 fully saturated rings. The number of halogens is 1. The predicted molar refractivity (Wildman–Crippen MR) is 199 cm³/mol. The molecule has 0 atom stereocenters. The third-order valence-corrected chi connectivity index (χ3v) is 8.63. The number of aromatic nitrogens is 3. The number of fused-ring (bicyclic) bond motifs is 4. The van der Waals surface area contributed by atoms with E-state index >= 15 is 0 Å². The summed E-state index contributed by atoms with van der Waals surface area (Å²) in [4.78, 5) is 9.14. The Morgan fingerprint density at radius 3 is 2.26 bits per heavy atom. The minimum atomic E-state index is -2.63. The molecule has 0 aliphatic heterocycles. The molecule has 8 aromatic rings. The van der Waals surface area contributed by atoms with E-state index in [-0.39, 0.29) is 36.9 Å². The first-order valence-corrected chi connectivity index (χ1v) is 16.2. The van der Waals surface area contributed by atoms with Crippen LogP contribution in [0.2, 0.25) is 0 Å². The minimum Gasteiger partial charge on any atom is -0.500 e. The molecule has 3 heterocycles. The van der Waals surface area contributed by atoms with Crippen molar-refractivity contribution in [2.45, 2.75) is 53.2 Å². The molecule has 0 N–H and O–H groups in total. The Hall–Kier alpha value is -4.90. The molecule has 4 nitrogen and oxygen atoms in total. The van der Waals surface area contributed by atoms with Crippen LogP contribution in [0.5, 0.6) is 0 Å². The van der Waals surface area contributed by atoms with Gasteiger partial charge in [0.1, 0.15) is 11.4 Å². The Balaban J connectivity index is 0.000000187. The third kappa shape index (κ3) is 6.54. The first-order chi connectivity index (χ1) is 26.1. The molecule has 3 aromatic heterocycles. The summed E-state index contributed by atoms with van der Waals surface area (Å²) in [5.41, 5.74) is 7.80. The minimum absolute atomic E-state index is 0. The zero-order chi connectivity index (χ0) is 39.2. The van der Waals surface area contributed by atoms with Crippen molar-refractivity contribution in [2.75, 3.05) is 0 Å². The molecule has 0 spiro atoms. The fraction of sp³-hybridized carbons (Fsp3) is 0.182. The average molecular weight is 842 g/mol. The number of hydrogen-bond donors (Lipinski definition) is 0. The number of imidazole rings is 1. The number of aryl methyl sites for hydroxylation is 2. The topological polar surface area (TPSA) is 43.9 Å². The maximum Gasteiger partial charge on any atom is 0.126 e. The molecule has 0 bridgehead atoms. The molecule has 0 unspecified atom stereocenters. The van der Waals surface area contributed by atoms with Gasteiger partial charge >= 0.3 is 0 Å². The maximum absolute atomic E-state index is 13.5. The Bertz CT molecular complexity index is 2640. The van der Waals surface area contributed by atoms with E-state index in [2.05, 4.69) is 97.9 Å². The summed E-state index contributed by atoms with van der Waals surface area (Å²) in [5, 5.41) is 1.39. The standard InChI is InChI=1S/C25H25N2.C19H13FNO.Ir/c1-17(2)20-13-10-14-21(18(3)4)24(20)27-23-16-9-8-15-22(23)26-25(27)19-11-6-5-7-12-19;1-11-8-17(21-10-12(11)2)16-5-3-4-15-14-7-6-13(20)9-18(14)22-19(15)16;/h5-11,13-18H,1-4H3;3-4,6-10H,1-2H3;/q2*-1;/i;1D3,2D3;. The molecular formula is C44H38FIrN3O-2. The predicted octanol–water partition coefficient (Wildman–Crippen LogP) is 11.9. The van der Waals surface area contributed by atoms with E-state index < -0.39 is 19.5 Å². The van der Waals surface area contributed by atoms with Crippen LogP contribution in [0.25, 0.3) is 61.3 Å². The maximum atomic E-state index is 13.5. The van der Waals surface area contributed by atoms with Crippen LogP contribution in [0.4, 0.5) is 4.39 Å². The first-order valence-electron chi connectivity index (χ1n) is 19.2. The molecular weight excluding hydrogens is 798 g/mol. The van der Waals surface area contributed by atoms with Crippen molar-refractivity contribution in [1.29, 1.82) is 0 Å². The van der Waals surface area contributed by atoms with Crippen LogP contribution in [0.1, 0.15) is 70.0 Å². The van der Waals surface area contributed by atoms with Crippen molar-refractivity contribution in [1.82, 2.24) is 14.5 Å². The number of para-hydroxylation sites is 3. The van der Waals surface area contributed by atoms with Gasteiger partial charge in [-0.1, -0.05) is 80.6 Å². The molecule has 0 saturated heterocycles. The van der Waals surface area contributed by atoms with Crippen molar-refractivity contribution in [3.63, 3.8) is 0 Å². The smallest absolute Gasteiger partial charge is 0.126 e. The second kappa shape index (κ2) is 14.5. The van der Waals surface area contributed by atoms with Gasteiger partial charge in [0.2, 0.25) is 0 Å². The number of furan rings is 1. The summed E-state index contributed by atoms with van der Waals surface area (Å²) in [6.45, 7) is 3.80. The van der Waals surface area contributed by atoms with Gasteiger partial charge in [-0.3, -0.25) is 4.98 Å². The number of hydrogen-bond acceptors (Lipinski definition) is 3. The Morgan fingerprint density at radius 1 is 0.780 bits per heavy atom. The van der Waals surface area contributed by atoms with Gasteiger partial charge in [-0.25, -0.2) is 4.39 Å². The number of benzene rings is 5. The van der Waals surface area contributed by atoms with Crippen LogP contribution in [-0.4, -0.2) is 14.5 Å². The van der Waals surface area contributed by atoms with Crippen LogP contribution >= 0.6 is 0 Å². The van der Waals surface area contributed by atoms with Gasteiger partial charge in [0.05, 0.1) is 22.4 Å². The Kier molecular flexibility index (Phi) is 8.10. The number of nitrogens with zero attached hydrogens (tertiary/aromatic N) is 3. The van der Waals surface area contributed by atoms with Crippen LogP contribution in [-0.2, 0) is 20.1 Å². The first kappa shape index (κ1) is 27.9. The van der Waals surface area contributed by atoms with Gasteiger partial charge in [-0.15, -0.1) is 54.1 Å². The number of pyridine rings is 1. The largest absolute Gasteiger partial charge is 0.500 e. The van der Waals surface area contributed by atoms with E-state index in [1.807, 2.05) is 18.2 Å². The summed E-state index contributed by atoms with van der Waals surface area (Å²) in [7, 11) is 0. The SMILES string of the molecule is CC(C)c1cccc(C(C)C)c1-n1c(-c2[c-]cccc2)nc2ccccc21.[2H]C([2H])([2H])c1cnc(-c2[c-]ccc3c2oc2cc(F)ccc23)cc1C([2H])([2H])[2H].[Ir]. The average Bonchev–Trinajstić information content (AvgIpc) is 3.72. The summed E-state index contributed by atoms with van der Waals surface area (Å²) in [6, 6.07) is 38.3. The van der Waals surface area contributed by atoms with E-state index in [0.717, 1.165) is 28.6 Å². The second-order valence-corrected chi connectivity index (χ2v) is 12.6. The monoisotopic (exact) mass is 842 g/mol. The normalized spacial score (nSPS) is 13.6. The van der Waals surface area contributed by atoms with E-state index in [1.54, 1.807) is 18.2 Å². The summed E-state index contributed by atoms with van der Waals surface area (Å²) < 4.78 is 67.5. The quantitative estimate of drug-likeness (QED) is 0.162. The van der Waals surface area contributed by atoms with Crippen LogP contribution in [0, 0.1) is 31.7 Å². The number of rotatable bonds is 5. The van der Waals surface area contributed by atoms with E-state index in [9.17, 15) is 4.39 Å². The summed E-state index contributed by atoms with van der Waals surface area (Å²) in [6.07, 6.45) is 1.05. The molecule has 5 aromatic carbocycles. The van der Waals surface area contributed by atoms with E-state index in [0.29, 0.717) is 39.3 Å². The zero-order valence-electron chi connectivity index (χ0n) is 34.0. The van der Waals surface area contributed by atoms with Crippen molar-refractivity contribution in [3.05, 3.63) is 150 Å². The molecule has 50 heavy (non-hydrogen) atoms. The summed E-state index contributed by atoms with van der Waals surface area (Å²) >= 11 is 0. The van der Waals surface area contributed by atoms with E-state index in [4.69, 9.17) is 17.6 Å². The third-order valence-electron chi connectivity index (χ3n) is 8.63. The molecule has 8 rings (SSSR count). The Labute approximate surface area is 314 Å². The Morgan fingerprint density at radius 2 is 1.54 bits per heavy atom. The molecule has 0 aliphatic rings. The van der Waals surface area contributed by atoms with Gasteiger partial charge < -0.3 is 14.0 Å². The molecule has 253 valence electrons. The van der Waals surface area contributed by atoms with E-state index in [1.165, 1.54) is 35.0 Å². The fourth-order valence-electron chi connectivity index (χ4n) is 6.23. The van der Waals surface area contributed by atoms with Crippen molar-refractivity contribution in [2.24, 2.45) is 0 Å². The summed E-state index contributed by atoms with van der Waals surface area (Å²) in [5.74, 6) is 1.36. The van der Waals surface area contributed by atoms with Gasteiger partial charge in [-0.05, 0) is 72.2 Å². The van der Waals surface area contributed by atoms with Crippen LogP contribution in [0.3, 0.4) is 0 Å². The molecule has 6 heteroatoms. The zero-order valence-corrected chi connectivity index (χ0v) is 30.4. The molecule has 0 saturated carbocycles. The molecule has 0 amide bonds. The van der Waals surface area contributed by atoms with Crippen molar-refractivity contribution in [3.8, 4) is 28.3 Å². The van der Waals surface area contributed by atoms with Gasteiger partial charge in [-0.2, -0.15) is 0 Å². The second-order valence-electron chi connectivity index (χ2n) is 12.6. The van der Waals surface area contributed by atoms with Gasteiger partial charge in [0, 0.05) is 51.7 Å². The van der Waals surface area contributed by atoms with Crippen LogP contribution < -0.4 is 0 Å². The van der Waals surface area contributed by atoms with Crippen molar-refractivity contribution >= 4 is 33.0 Å². The van der Waals surface area contributed by atoms with Gasteiger partial charge in [0.15, 0.2) is 0 Å². The van der Waals surface area contributed by atoms with Gasteiger partial charge in [0.25, 0.3) is 0 Å². The fourth-order valence-corrected chi connectivity index (χ4v) is 6.23.